The maximum absolute atomic E-state index is 12.6. The van der Waals surface area contributed by atoms with Crippen LogP contribution in [0.1, 0.15) is 19.4 Å². The second kappa shape index (κ2) is 7.61. The fourth-order valence-corrected chi connectivity index (χ4v) is 4.03. The third kappa shape index (κ3) is 4.09. The second-order valence-electron chi connectivity index (χ2n) is 4.59. The molecule has 7 heteroatoms. The summed E-state index contributed by atoms with van der Waals surface area (Å²) in [4.78, 5) is 0.168. The minimum Gasteiger partial charge on any atom is -0.383 e. The van der Waals surface area contributed by atoms with Crippen LogP contribution in [0.3, 0.4) is 0 Å². The average molecular weight is 340 g/mol. The lowest BCUT2D eigenvalue weighted by Gasteiger charge is -2.25. The standard InChI is InChI=1S/C13H19Cl2NO3S/c1-10(2)16(6-7-19-3)20(17,18)12-5-4-11(9-14)13(15)8-12/h4-5,8,10H,6-7,9H2,1-3H3. The molecule has 0 aliphatic heterocycles. The van der Waals surface area contributed by atoms with Crippen molar-refractivity contribution in [1.82, 2.24) is 4.31 Å². The summed E-state index contributed by atoms with van der Waals surface area (Å²) in [5.41, 5.74) is 0.709. The molecule has 0 saturated carbocycles. The highest BCUT2D eigenvalue weighted by Crippen LogP contribution is 2.25. The Kier molecular flexibility index (Phi) is 6.75. The molecule has 114 valence electrons. The summed E-state index contributed by atoms with van der Waals surface area (Å²) < 4.78 is 31.6. The summed E-state index contributed by atoms with van der Waals surface area (Å²) in [5.74, 6) is 0.247. The predicted octanol–water partition coefficient (Wildman–Crippen LogP) is 3.12. The summed E-state index contributed by atoms with van der Waals surface area (Å²) in [6, 6.07) is 4.44. The molecule has 0 saturated heterocycles. The van der Waals surface area contributed by atoms with Crippen LogP contribution in [0.25, 0.3) is 0 Å². The van der Waals surface area contributed by atoms with Crippen molar-refractivity contribution < 1.29 is 13.2 Å². The number of alkyl halides is 1. The van der Waals surface area contributed by atoms with Crippen molar-refractivity contribution in [2.24, 2.45) is 0 Å². The van der Waals surface area contributed by atoms with Gasteiger partial charge in [-0.25, -0.2) is 8.42 Å². The summed E-state index contributed by atoms with van der Waals surface area (Å²) >= 11 is 11.8. The van der Waals surface area contributed by atoms with Gasteiger partial charge >= 0.3 is 0 Å². The minimum atomic E-state index is -3.59. The molecule has 0 N–H and O–H groups in total. The first kappa shape index (κ1) is 17.7. The molecule has 0 aliphatic rings. The maximum atomic E-state index is 12.6. The molecule has 0 radical (unpaired) electrons. The van der Waals surface area contributed by atoms with Crippen molar-refractivity contribution in [2.45, 2.75) is 30.7 Å². The number of benzene rings is 1. The van der Waals surface area contributed by atoms with Gasteiger partial charge in [0.2, 0.25) is 10.0 Å². The Morgan fingerprint density at radius 3 is 2.45 bits per heavy atom. The first-order valence-corrected chi connectivity index (χ1v) is 8.55. The van der Waals surface area contributed by atoms with E-state index >= 15 is 0 Å². The van der Waals surface area contributed by atoms with Gasteiger partial charge in [0, 0.05) is 30.6 Å². The van der Waals surface area contributed by atoms with Gasteiger partial charge in [-0.15, -0.1) is 11.6 Å². The van der Waals surface area contributed by atoms with Gasteiger partial charge < -0.3 is 4.74 Å². The van der Waals surface area contributed by atoms with Crippen molar-refractivity contribution in [3.63, 3.8) is 0 Å². The van der Waals surface area contributed by atoms with E-state index in [1.807, 2.05) is 13.8 Å². The van der Waals surface area contributed by atoms with Gasteiger partial charge in [0.05, 0.1) is 11.5 Å². The molecule has 0 aliphatic carbocycles. The minimum absolute atomic E-state index is 0.165. The monoisotopic (exact) mass is 339 g/mol. The van der Waals surface area contributed by atoms with Crippen molar-refractivity contribution in [2.75, 3.05) is 20.3 Å². The largest absolute Gasteiger partial charge is 0.383 e. The number of ether oxygens (including phenoxy) is 1. The molecule has 0 aromatic heterocycles. The van der Waals surface area contributed by atoms with E-state index in [1.165, 1.54) is 23.5 Å². The van der Waals surface area contributed by atoms with Crippen LogP contribution in [0.4, 0.5) is 0 Å². The summed E-state index contributed by atoms with van der Waals surface area (Å²) in [6.45, 7) is 4.28. The Morgan fingerprint density at radius 2 is 2.00 bits per heavy atom. The number of sulfonamides is 1. The van der Waals surface area contributed by atoms with Crippen LogP contribution >= 0.6 is 23.2 Å². The van der Waals surface area contributed by atoms with Crippen molar-refractivity contribution in [1.29, 1.82) is 0 Å². The molecule has 20 heavy (non-hydrogen) atoms. The third-order valence-electron chi connectivity index (χ3n) is 2.87. The van der Waals surface area contributed by atoms with Gasteiger partial charge in [-0.3, -0.25) is 0 Å². The second-order valence-corrected chi connectivity index (χ2v) is 7.15. The number of halogens is 2. The van der Waals surface area contributed by atoms with E-state index in [0.29, 0.717) is 23.7 Å². The Balaban J connectivity index is 3.16. The molecule has 1 aromatic rings. The fraction of sp³-hybridized carbons (Fsp3) is 0.538. The van der Waals surface area contributed by atoms with E-state index in [0.717, 1.165) is 0 Å². The Hall–Kier alpha value is -0.330. The zero-order valence-electron chi connectivity index (χ0n) is 11.8. The molecule has 4 nitrogen and oxygen atoms in total. The van der Waals surface area contributed by atoms with Crippen LogP contribution in [0.2, 0.25) is 5.02 Å². The van der Waals surface area contributed by atoms with Gasteiger partial charge in [-0.2, -0.15) is 4.31 Å². The van der Waals surface area contributed by atoms with Gasteiger partial charge in [-0.1, -0.05) is 17.7 Å². The smallest absolute Gasteiger partial charge is 0.243 e. The first-order valence-electron chi connectivity index (χ1n) is 6.19. The summed E-state index contributed by atoms with van der Waals surface area (Å²) in [7, 11) is -2.06. The molecule has 0 bridgehead atoms. The van der Waals surface area contributed by atoms with Gasteiger partial charge in [-0.05, 0) is 31.5 Å². The van der Waals surface area contributed by atoms with Crippen molar-refractivity contribution >= 4 is 33.2 Å². The first-order chi connectivity index (χ1) is 9.34. The van der Waals surface area contributed by atoms with Crippen LogP contribution in [-0.4, -0.2) is 39.0 Å². The lowest BCUT2D eigenvalue weighted by atomic mass is 10.2. The molecule has 1 aromatic carbocycles. The number of rotatable bonds is 7. The van der Waals surface area contributed by atoms with Gasteiger partial charge in [0.1, 0.15) is 0 Å². The highest BCUT2D eigenvalue weighted by atomic mass is 35.5. The zero-order valence-corrected chi connectivity index (χ0v) is 14.1. The van der Waals surface area contributed by atoms with E-state index in [4.69, 9.17) is 27.9 Å². The van der Waals surface area contributed by atoms with Gasteiger partial charge in [0.15, 0.2) is 0 Å². The topological polar surface area (TPSA) is 46.6 Å². The van der Waals surface area contributed by atoms with Crippen LogP contribution in [-0.2, 0) is 20.6 Å². The van der Waals surface area contributed by atoms with Crippen LogP contribution in [0.15, 0.2) is 23.1 Å². The highest BCUT2D eigenvalue weighted by Gasteiger charge is 2.27. The quantitative estimate of drug-likeness (QED) is 0.717. The molecule has 0 heterocycles. The van der Waals surface area contributed by atoms with Crippen LogP contribution in [0, 0.1) is 0 Å². The lowest BCUT2D eigenvalue weighted by Crippen LogP contribution is -2.39. The molecule has 0 atom stereocenters. The lowest BCUT2D eigenvalue weighted by molar-refractivity contribution is 0.171. The fourth-order valence-electron chi connectivity index (χ4n) is 1.77. The molecule has 1 rings (SSSR count). The average Bonchev–Trinajstić information content (AvgIpc) is 2.38. The predicted molar refractivity (Wildman–Crippen MR) is 81.9 cm³/mol. The van der Waals surface area contributed by atoms with E-state index < -0.39 is 10.0 Å². The molecular formula is C13H19Cl2NO3S. The number of hydrogen-bond acceptors (Lipinski definition) is 3. The highest BCUT2D eigenvalue weighted by molar-refractivity contribution is 7.89. The maximum Gasteiger partial charge on any atom is 0.243 e. The molecular weight excluding hydrogens is 321 g/mol. The number of hydrogen-bond donors (Lipinski definition) is 0. The van der Waals surface area contributed by atoms with E-state index in [9.17, 15) is 8.42 Å². The van der Waals surface area contributed by atoms with Crippen LogP contribution < -0.4 is 0 Å². The summed E-state index contributed by atoms with van der Waals surface area (Å²) in [6.07, 6.45) is 0. The molecule has 0 spiro atoms. The number of methoxy groups -OCH3 is 1. The number of nitrogens with zero attached hydrogens (tertiary/aromatic N) is 1. The SMILES string of the molecule is COCCN(C(C)C)S(=O)(=O)c1ccc(CCl)c(Cl)c1. The van der Waals surface area contributed by atoms with Crippen molar-refractivity contribution in [3.8, 4) is 0 Å². The zero-order chi connectivity index (χ0) is 15.3. The van der Waals surface area contributed by atoms with E-state index in [1.54, 1.807) is 6.07 Å². The summed E-state index contributed by atoms with van der Waals surface area (Å²) in [5, 5.41) is 0.358. The Morgan fingerprint density at radius 1 is 1.35 bits per heavy atom. The van der Waals surface area contributed by atoms with Crippen LogP contribution in [0.5, 0.6) is 0 Å². The third-order valence-corrected chi connectivity index (χ3v) is 5.58. The van der Waals surface area contributed by atoms with Crippen molar-refractivity contribution in [3.05, 3.63) is 28.8 Å². The van der Waals surface area contributed by atoms with Gasteiger partial charge in [0.25, 0.3) is 0 Å². The Labute approximate surface area is 130 Å². The Bertz CT molecular complexity index is 547. The van der Waals surface area contributed by atoms with E-state index in [2.05, 4.69) is 0 Å². The molecule has 0 amide bonds. The van der Waals surface area contributed by atoms with E-state index in [-0.39, 0.29) is 16.8 Å². The molecule has 0 unspecified atom stereocenters. The molecule has 0 fully saturated rings. The normalized spacial score (nSPS) is 12.3.